The van der Waals surface area contributed by atoms with Gasteiger partial charge in [-0.1, -0.05) is 72.3 Å². The minimum atomic E-state index is 0.651. The fourth-order valence-electron chi connectivity index (χ4n) is 2.63. The number of fused-ring (bicyclic) bond motifs is 3. The number of benzene rings is 3. The Hall–Kier alpha value is -2.25. The minimum Gasteiger partial charge on any atom is -0.454 e. The van der Waals surface area contributed by atoms with Gasteiger partial charge in [0.05, 0.1) is 5.02 Å². The molecule has 3 aromatic carbocycles. The first-order valence-electron chi connectivity index (χ1n) is 6.50. The Morgan fingerprint density at radius 3 is 2.15 bits per heavy atom. The van der Waals surface area contributed by atoms with Gasteiger partial charge < -0.3 is 4.42 Å². The number of hydrogen-bond acceptors (Lipinski definition) is 1. The van der Waals surface area contributed by atoms with Crippen molar-refractivity contribution < 1.29 is 4.42 Å². The first-order valence-corrected chi connectivity index (χ1v) is 6.87. The summed E-state index contributed by atoms with van der Waals surface area (Å²) in [5, 5.41) is 2.81. The molecule has 96 valence electrons. The standard InChI is InChI=1S/C18H11ClO/c19-16-11-5-10-15-14-9-4-8-13(17(14)20-18(15)16)12-6-2-1-3-7-12/h1-11H. The van der Waals surface area contributed by atoms with Gasteiger partial charge in [0.2, 0.25) is 0 Å². The lowest BCUT2D eigenvalue weighted by Crippen LogP contribution is -1.77. The summed E-state index contributed by atoms with van der Waals surface area (Å²) in [6.07, 6.45) is 0. The van der Waals surface area contributed by atoms with E-state index in [0.29, 0.717) is 5.02 Å². The van der Waals surface area contributed by atoms with Crippen LogP contribution in [-0.4, -0.2) is 0 Å². The van der Waals surface area contributed by atoms with E-state index in [0.717, 1.165) is 33.1 Å². The predicted molar refractivity (Wildman–Crippen MR) is 84.2 cm³/mol. The molecule has 0 unspecified atom stereocenters. The molecule has 0 N–H and O–H groups in total. The van der Waals surface area contributed by atoms with Gasteiger partial charge in [-0.3, -0.25) is 0 Å². The van der Waals surface area contributed by atoms with Crippen molar-refractivity contribution in [2.24, 2.45) is 0 Å². The molecule has 0 fully saturated rings. The van der Waals surface area contributed by atoms with Crippen LogP contribution in [0.4, 0.5) is 0 Å². The Morgan fingerprint density at radius 1 is 0.650 bits per heavy atom. The van der Waals surface area contributed by atoms with Crippen molar-refractivity contribution >= 4 is 33.5 Å². The average molecular weight is 279 g/mol. The van der Waals surface area contributed by atoms with Crippen molar-refractivity contribution in [3.05, 3.63) is 71.8 Å². The van der Waals surface area contributed by atoms with Crippen molar-refractivity contribution in [2.45, 2.75) is 0 Å². The number of rotatable bonds is 1. The molecule has 20 heavy (non-hydrogen) atoms. The first kappa shape index (κ1) is 11.6. The predicted octanol–water partition coefficient (Wildman–Crippen LogP) is 5.91. The largest absolute Gasteiger partial charge is 0.454 e. The first-order chi connectivity index (χ1) is 9.84. The number of furan rings is 1. The Kier molecular flexibility index (Phi) is 2.54. The summed E-state index contributed by atoms with van der Waals surface area (Å²) in [5.74, 6) is 0. The molecule has 0 atom stereocenters. The lowest BCUT2D eigenvalue weighted by Gasteiger charge is -2.01. The summed E-state index contributed by atoms with van der Waals surface area (Å²) in [7, 11) is 0. The molecule has 0 spiro atoms. The van der Waals surface area contributed by atoms with Gasteiger partial charge in [-0.2, -0.15) is 0 Å². The van der Waals surface area contributed by atoms with Crippen LogP contribution in [0.25, 0.3) is 33.1 Å². The zero-order chi connectivity index (χ0) is 13.5. The molecule has 0 saturated heterocycles. The minimum absolute atomic E-state index is 0.651. The Labute approximate surface area is 121 Å². The molecule has 2 heteroatoms. The van der Waals surface area contributed by atoms with Crippen molar-refractivity contribution in [1.82, 2.24) is 0 Å². The van der Waals surface area contributed by atoms with Crippen LogP contribution in [0.3, 0.4) is 0 Å². The zero-order valence-electron chi connectivity index (χ0n) is 10.6. The topological polar surface area (TPSA) is 13.1 Å². The third-order valence-electron chi connectivity index (χ3n) is 3.56. The summed E-state index contributed by atoms with van der Waals surface area (Å²) in [6.45, 7) is 0. The van der Waals surface area contributed by atoms with Crippen LogP contribution in [0.5, 0.6) is 0 Å². The van der Waals surface area contributed by atoms with Gasteiger partial charge in [0.15, 0.2) is 5.58 Å². The molecule has 0 aliphatic carbocycles. The lowest BCUT2D eigenvalue weighted by molar-refractivity contribution is 0.670. The van der Waals surface area contributed by atoms with E-state index in [2.05, 4.69) is 30.3 Å². The van der Waals surface area contributed by atoms with E-state index in [1.807, 2.05) is 36.4 Å². The van der Waals surface area contributed by atoms with Gasteiger partial charge in [-0.25, -0.2) is 0 Å². The quantitative estimate of drug-likeness (QED) is 0.422. The van der Waals surface area contributed by atoms with E-state index >= 15 is 0 Å². The van der Waals surface area contributed by atoms with Crippen LogP contribution >= 0.6 is 11.6 Å². The van der Waals surface area contributed by atoms with Crippen LogP contribution in [0.1, 0.15) is 0 Å². The number of halogens is 1. The maximum absolute atomic E-state index is 6.23. The van der Waals surface area contributed by atoms with E-state index in [1.165, 1.54) is 0 Å². The van der Waals surface area contributed by atoms with Gasteiger partial charge in [0.1, 0.15) is 5.58 Å². The molecule has 1 heterocycles. The maximum atomic E-state index is 6.23. The van der Waals surface area contributed by atoms with E-state index < -0.39 is 0 Å². The van der Waals surface area contributed by atoms with Crippen molar-refractivity contribution in [3.8, 4) is 11.1 Å². The Balaban J connectivity index is 2.14. The molecule has 1 aromatic heterocycles. The van der Waals surface area contributed by atoms with Crippen LogP contribution in [0, 0.1) is 0 Å². The molecule has 0 aliphatic heterocycles. The molecule has 0 saturated carbocycles. The summed E-state index contributed by atoms with van der Waals surface area (Å²) < 4.78 is 6.04. The molecule has 0 radical (unpaired) electrons. The molecular formula is C18H11ClO. The van der Waals surface area contributed by atoms with Gasteiger partial charge in [-0.15, -0.1) is 0 Å². The lowest BCUT2D eigenvalue weighted by atomic mass is 10.0. The fourth-order valence-corrected chi connectivity index (χ4v) is 2.84. The summed E-state index contributed by atoms with van der Waals surface area (Å²) in [5.41, 5.74) is 3.89. The third-order valence-corrected chi connectivity index (χ3v) is 3.86. The van der Waals surface area contributed by atoms with Crippen molar-refractivity contribution in [3.63, 3.8) is 0 Å². The average Bonchev–Trinajstić information content (AvgIpc) is 2.88. The fraction of sp³-hybridized carbons (Fsp3) is 0. The second-order valence-corrected chi connectivity index (χ2v) is 5.17. The van der Waals surface area contributed by atoms with Crippen LogP contribution in [-0.2, 0) is 0 Å². The van der Waals surface area contributed by atoms with E-state index in [1.54, 1.807) is 0 Å². The highest BCUT2D eigenvalue weighted by molar-refractivity contribution is 6.36. The second-order valence-electron chi connectivity index (χ2n) is 4.77. The number of hydrogen-bond donors (Lipinski definition) is 0. The monoisotopic (exact) mass is 278 g/mol. The molecule has 1 nitrogen and oxygen atoms in total. The van der Waals surface area contributed by atoms with Crippen LogP contribution < -0.4 is 0 Å². The Morgan fingerprint density at radius 2 is 1.35 bits per heavy atom. The summed E-state index contributed by atoms with van der Waals surface area (Å²) in [4.78, 5) is 0. The van der Waals surface area contributed by atoms with Crippen LogP contribution in [0.2, 0.25) is 5.02 Å². The van der Waals surface area contributed by atoms with Gasteiger partial charge >= 0.3 is 0 Å². The molecule has 4 aromatic rings. The molecule has 0 amide bonds. The molecule has 0 aliphatic rings. The van der Waals surface area contributed by atoms with Gasteiger partial charge in [0.25, 0.3) is 0 Å². The molecule has 4 rings (SSSR count). The summed E-state index contributed by atoms with van der Waals surface area (Å²) in [6, 6.07) is 22.3. The highest BCUT2D eigenvalue weighted by Crippen LogP contribution is 2.37. The van der Waals surface area contributed by atoms with Crippen molar-refractivity contribution in [2.75, 3.05) is 0 Å². The molecular weight excluding hydrogens is 268 g/mol. The smallest absolute Gasteiger partial charge is 0.154 e. The molecule has 0 bridgehead atoms. The van der Waals surface area contributed by atoms with E-state index in [4.69, 9.17) is 16.0 Å². The maximum Gasteiger partial charge on any atom is 0.154 e. The second kappa shape index (κ2) is 4.39. The highest BCUT2D eigenvalue weighted by Gasteiger charge is 2.13. The SMILES string of the molecule is Clc1cccc2c1oc1c(-c3ccccc3)cccc12. The van der Waals surface area contributed by atoms with Gasteiger partial charge in [0, 0.05) is 16.3 Å². The van der Waals surface area contributed by atoms with E-state index in [9.17, 15) is 0 Å². The Bertz CT molecular complexity index is 907. The zero-order valence-corrected chi connectivity index (χ0v) is 11.4. The third kappa shape index (κ3) is 1.64. The number of para-hydroxylation sites is 2. The highest BCUT2D eigenvalue weighted by atomic mass is 35.5. The normalized spacial score (nSPS) is 11.2. The van der Waals surface area contributed by atoms with Gasteiger partial charge in [-0.05, 0) is 11.6 Å². The van der Waals surface area contributed by atoms with E-state index in [-0.39, 0.29) is 0 Å². The summed E-state index contributed by atoms with van der Waals surface area (Å²) >= 11 is 6.23. The van der Waals surface area contributed by atoms with Crippen LogP contribution in [0.15, 0.2) is 71.1 Å². The van der Waals surface area contributed by atoms with Crippen molar-refractivity contribution in [1.29, 1.82) is 0 Å².